The van der Waals surface area contributed by atoms with Gasteiger partial charge in [-0.05, 0) is 42.6 Å². The van der Waals surface area contributed by atoms with Crippen LogP contribution in [-0.4, -0.2) is 24.0 Å². The zero-order valence-electron chi connectivity index (χ0n) is 13.3. The number of hydrogen-bond donors (Lipinski definition) is 2. The number of carbonyl (C=O) groups is 1. The van der Waals surface area contributed by atoms with Crippen LogP contribution in [0.3, 0.4) is 0 Å². The number of nitrogens with one attached hydrogen (secondary N) is 2. The van der Waals surface area contributed by atoms with E-state index in [1.165, 1.54) is 0 Å². The van der Waals surface area contributed by atoms with Crippen molar-refractivity contribution in [2.45, 2.75) is 12.3 Å². The molecule has 2 heterocycles. The molecular formula is C20H19N3O. The highest BCUT2D eigenvalue weighted by Crippen LogP contribution is 2.26. The van der Waals surface area contributed by atoms with Crippen molar-refractivity contribution < 1.29 is 4.79 Å². The first kappa shape index (κ1) is 14.8. The number of para-hydroxylation sites is 1. The second kappa shape index (κ2) is 6.42. The summed E-state index contributed by atoms with van der Waals surface area (Å²) >= 11 is 0. The molecule has 120 valence electrons. The van der Waals surface area contributed by atoms with E-state index in [0.717, 1.165) is 47.2 Å². The van der Waals surface area contributed by atoms with E-state index in [1.807, 2.05) is 48.5 Å². The average Bonchev–Trinajstić information content (AvgIpc) is 3.16. The van der Waals surface area contributed by atoms with Gasteiger partial charge in [0, 0.05) is 17.5 Å². The Balaban J connectivity index is 1.61. The summed E-state index contributed by atoms with van der Waals surface area (Å²) in [5.41, 5.74) is 3.51. The molecule has 1 atom stereocenters. The fourth-order valence-electron chi connectivity index (χ4n) is 3.32. The van der Waals surface area contributed by atoms with Crippen LogP contribution < -0.4 is 10.6 Å². The van der Waals surface area contributed by atoms with E-state index in [4.69, 9.17) is 0 Å². The van der Waals surface area contributed by atoms with Crippen LogP contribution >= 0.6 is 0 Å². The second-order valence-electron chi connectivity index (χ2n) is 6.15. The largest absolute Gasteiger partial charge is 0.321 e. The van der Waals surface area contributed by atoms with Crippen LogP contribution in [0.2, 0.25) is 0 Å². The maximum absolute atomic E-state index is 12.8. The molecule has 0 saturated carbocycles. The van der Waals surface area contributed by atoms with Crippen molar-refractivity contribution in [2.24, 2.45) is 0 Å². The normalized spacial score (nSPS) is 17.1. The lowest BCUT2D eigenvalue weighted by Gasteiger charge is -2.14. The van der Waals surface area contributed by atoms with Gasteiger partial charge in [-0.2, -0.15) is 0 Å². The molecule has 2 aromatic carbocycles. The van der Waals surface area contributed by atoms with Gasteiger partial charge in [-0.3, -0.25) is 9.78 Å². The summed E-state index contributed by atoms with van der Waals surface area (Å²) in [5.74, 6) is 0.330. The molecule has 0 spiro atoms. The summed E-state index contributed by atoms with van der Waals surface area (Å²) in [6.07, 6.45) is 2.78. The Hall–Kier alpha value is -2.72. The van der Waals surface area contributed by atoms with E-state index < -0.39 is 0 Å². The minimum Gasteiger partial charge on any atom is -0.321 e. The first-order valence-electron chi connectivity index (χ1n) is 8.27. The van der Waals surface area contributed by atoms with Crippen LogP contribution in [-0.2, 0) is 0 Å². The molecule has 0 bridgehead atoms. The Morgan fingerprint density at radius 1 is 1.12 bits per heavy atom. The predicted molar refractivity (Wildman–Crippen MR) is 96.4 cm³/mol. The van der Waals surface area contributed by atoms with Gasteiger partial charge < -0.3 is 10.6 Å². The Kier molecular flexibility index (Phi) is 3.97. The third-order valence-corrected chi connectivity index (χ3v) is 4.55. The number of hydrogen-bond acceptors (Lipinski definition) is 3. The predicted octanol–water partition coefficient (Wildman–Crippen LogP) is 3.56. The smallest absolute Gasteiger partial charge is 0.255 e. The lowest BCUT2D eigenvalue weighted by Crippen LogP contribution is -2.17. The molecule has 1 saturated heterocycles. The highest BCUT2D eigenvalue weighted by Gasteiger charge is 2.22. The highest BCUT2D eigenvalue weighted by atomic mass is 16.1. The number of fused-ring (bicyclic) bond motifs is 1. The number of rotatable bonds is 3. The quantitative estimate of drug-likeness (QED) is 0.776. The fourth-order valence-corrected chi connectivity index (χ4v) is 3.32. The van der Waals surface area contributed by atoms with Crippen LogP contribution in [0.4, 0.5) is 5.69 Å². The molecule has 0 radical (unpaired) electrons. The van der Waals surface area contributed by atoms with Crippen molar-refractivity contribution in [3.63, 3.8) is 0 Å². The first-order chi connectivity index (χ1) is 11.8. The van der Waals surface area contributed by atoms with E-state index in [-0.39, 0.29) is 5.91 Å². The van der Waals surface area contributed by atoms with Crippen LogP contribution in [0, 0.1) is 0 Å². The summed E-state index contributed by atoms with van der Waals surface area (Å²) in [6, 6.07) is 17.7. The molecule has 1 aromatic heterocycles. The van der Waals surface area contributed by atoms with Gasteiger partial charge >= 0.3 is 0 Å². The third-order valence-electron chi connectivity index (χ3n) is 4.55. The molecule has 0 aliphatic carbocycles. The fraction of sp³-hybridized carbons (Fsp3) is 0.200. The van der Waals surface area contributed by atoms with Crippen molar-refractivity contribution in [2.75, 3.05) is 18.4 Å². The zero-order valence-corrected chi connectivity index (χ0v) is 13.3. The molecule has 0 unspecified atom stereocenters. The molecular weight excluding hydrogens is 298 g/mol. The van der Waals surface area contributed by atoms with Crippen LogP contribution in [0.5, 0.6) is 0 Å². The molecule has 1 aliphatic rings. The number of anilines is 1. The van der Waals surface area contributed by atoms with E-state index in [1.54, 1.807) is 6.20 Å². The van der Waals surface area contributed by atoms with Crippen LogP contribution in [0.1, 0.15) is 28.3 Å². The van der Waals surface area contributed by atoms with Gasteiger partial charge in [0.15, 0.2) is 0 Å². The van der Waals surface area contributed by atoms with Crippen molar-refractivity contribution in [1.29, 1.82) is 0 Å². The topological polar surface area (TPSA) is 54.0 Å². The van der Waals surface area contributed by atoms with Crippen molar-refractivity contribution in [3.05, 3.63) is 71.9 Å². The molecule has 2 N–H and O–H groups in total. The standard InChI is InChI=1S/C20H19N3O/c24-20(18-7-3-2-6-17(18)15-9-10-21-12-15)23-16-11-14-5-1-4-8-19(14)22-13-16/h1-8,11,13,15,21H,9-10,12H2,(H,23,24)/t15-/m1/s1. The summed E-state index contributed by atoms with van der Waals surface area (Å²) in [4.78, 5) is 17.2. The minimum atomic E-state index is -0.0745. The monoisotopic (exact) mass is 317 g/mol. The molecule has 24 heavy (non-hydrogen) atoms. The van der Waals surface area contributed by atoms with E-state index in [2.05, 4.69) is 21.7 Å². The highest BCUT2D eigenvalue weighted by molar-refractivity contribution is 6.06. The van der Waals surface area contributed by atoms with E-state index in [9.17, 15) is 4.79 Å². The minimum absolute atomic E-state index is 0.0745. The van der Waals surface area contributed by atoms with Gasteiger partial charge in [-0.15, -0.1) is 0 Å². The Morgan fingerprint density at radius 3 is 2.83 bits per heavy atom. The number of aromatic nitrogens is 1. The number of benzene rings is 2. The number of pyridine rings is 1. The van der Waals surface area contributed by atoms with Gasteiger partial charge in [0.2, 0.25) is 0 Å². The molecule has 1 aliphatic heterocycles. The Labute approximate surface area is 140 Å². The molecule has 3 aromatic rings. The third kappa shape index (κ3) is 2.88. The van der Waals surface area contributed by atoms with Crippen molar-refractivity contribution in [3.8, 4) is 0 Å². The zero-order chi connectivity index (χ0) is 16.4. The van der Waals surface area contributed by atoms with Gasteiger partial charge in [0.05, 0.1) is 17.4 Å². The van der Waals surface area contributed by atoms with Gasteiger partial charge in [0.1, 0.15) is 0 Å². The maximum atomic E-state index is 12.8. The lowest BCUT2D eigenvalue weighted by molar-refractivity contribution is 0.102. The van der Waals surface area contributed by atoms with E-state index >= 15 is 0 Å². The lowest BCUT2D eigenvalue weighted by atomic mass is 9.93. The molecule has 4 heteroatoms. The van der Waals surface area contributed by atoms with Gasteiger partial charge in [-0.25, -0.2) is 0 Å². The van der Waals surface area contributed by atoms with Gasteiger partial charge in [-0.1, -0.05) is 36.4 Å². The molecule has 4 nitrogen and oxygen atoms in total. The molecule has 1 amide bonds. The average molecular weight is 317 g/mol. The van der Waals surface area contributed by atoms with Crippen LogP contribution in [0.25, 0.3) is 10.9 Å². The second-order valence-corrected chi connectivity index (χ2v) is 6.15. The molecule has 4 rings (SSSR count). The SMILES string of the molecule is O=C(Nc1cnc2ccccc2c1)c1ccccc1[C@@H]1CCNC1. The number of nitrogens with zero attached hydrogens (tertiary/aromatic N) is 1. The maximum Gasteiger partial charge on any atom is 0.255 e. The van der Waals surface area contributed by atoms with Crippen molar-refractivity contribution >= 4 is 22.5 Å². The first-order valence-corrected chi connectivity index (χ1v) is 8.27. The summed E-state index contributed by atoms with van der Waals surface area (Å²) in [7, 11) is 0. The summed E-state index contributed by atoms with van der Waals surface area (Å²) in [6.45, 7) is 1.94. The number of carbonyl (C=O) groups excluding carboxylic acids is 1. The Bertz CT molecular complexity index is 885. The number of amides is 1. The Morgan fingerprint density at radius 2 is 1.96 bits per heavy atom. The van der Waals surface area contributed by atoms with Crippen molar-refractivity contribution in [1.82, 2.24) is 10.3 Å². The summed E-state index contributed by atoms with van der Waals surface area (Å²) in [5, 5.41) is 7.37. The summed E-state index contributed by atoms with van der Waals surface area (Å²) < 4.78 is 0. The molecule has 1 fully saturated rings. The van der Waals surface area contributed by atoms with Gasteiger partial charge in [0.25, 0.3) is 5.91 Å². The van der Waals surface area contributed by atoms with Crippen LogP contribution in [0.15, 0.2) is 60.8 Å². The van der Waals surface area contributed by atoms with E-state index in [0.29, 0.717) is 5.92 Å².